The number of hydrogen-bond donors (Lipinski definition) is 2. The second-order valence-electron chi connectivity index (χ2n) is 5.09. The number of hydrogen-bond acceptors (Lipinski definition) is 2. The second-order valence-corrected chi connectivity index (χ2v) is 5.09. The van der Waals surface area contributed by atoms with Crippen LogP contribution in [0.25, 0.3) is 0 Å². The van der Waals surface area contributed by atoms with Crippen LogP contribution in [0.15, 0.2) is 18.2 Å². The molecule has 1 amide bonds. The second kappa shape index (κ2) is 6.21. The van der Waals surface area contributed by atoms with Gasteiger partial charge in [-0.2, -0.15) is 0 Å². The molecule has 3 nitrogen and oxygen atoms in total. The number of aryl methyl sites for hydroxylation is 2. The molecule has 1 aromatic carbocycles. The van der Waals surface area contributed by atoms with Crippen LogP contribution >= 0.6 is 12.4 Å². The van der Waals surface area contributed by atoms with Crippen LogP contribution in [0.5, 0.6) is 0 Å². The van der Waals surface area contributed by atoms with E-state index in [1.807, 2.05) is 26.0 Å². The van der Waals surface area contributed by atoms with Gasteiger partial charge in [-0.1, -0.05) is 17.2 Å². The van der Waals surface area contributed by atoms with E-state index in [1.165, 1.54) is 12.8 Å². The number of nitrogens with one attached hydrogen (secondary N) is 1. The lowest BCUT2D eigenvalue weighted by Crippen LogP contribution is -2.38. The Bertz CT molecular complexity index is 410. The van der Waals surface area contributed by atoms with E-state index in [0.717, 1.165) is 16.7 Å². The predicted octanol–water partition coefficient (Wildman–Crippen LogP) is 2.19. The quantitative estimate of drug-likeness (QED) is 0.880. The first-order valence-electron chi connectivity index (χ1n) is 6.18. The molecule has 18 heavy (non-hydrogen) atoms. The molecule has 100 valence electrons. The molecule has 0 aliphatic heterocycles. The fourth-order valence-electron chi connectivity index (χ4n) is 2.11. The predicted molar refractivity (Wildman–Crippen MR) is 76.2 cm³/mol. The molecule has 1 atom stereocenters. The third-order valence-corrected chi connectivity index (χ3v) is 3.21. The molecule has 1 aliphatic carbocycles. The third-order valence-electron chi connectivity index (χ3n) is 3.21. The minimum atomic E-state index is -0.0205. The molecule has 1 unspecified atom stereocenters. The van der Waals surface area contributed by atoms with Gasteiger partial charge in [0.25, 0.3) is 5.91 Å². The summed E-state index contributed by atoms with van der Waals surface area (Å²) in [5.74, 6) is 0.599. The van der Waals surface area contributed by atoms with E-state index in [0.29, 0.717) is 12.5 Å². The smallest absolute Gasteiger partial charge is 0.251 e. The van der Waals surface area contributed by atoms with E-state index in [4.69, 9.17) is 5.73 Å². The van der Waals surface area contributed by atoms with Gasteiger partial charge < -0.3 is 11.1 Å². The molecule has 4 heteroatoms. The number of amides is 1. The van der Waals surface area contributed by atoms with Gasteiger partial charge in [-0.3, -0.25) is 4.79 Å². The van der Waals surface area contributed by atoms with Crippen LogP contribution in [0, 0.1) is 19.8 Å². The van der Waals surface area contributed by atoms with Crippen LogP contribution in [0.1, 0.15) is 34.3 Å². The summed E-state index contributed by atoms with van der Waals surface area (Å²) in [4.78, 5) is 11.9. The van der Waals surface area contributed by atoms with Crippen molar-refractivity contribution in [3.05, 3.63) is 34.9 Å². The van der Waals surface area contributed by atoms with Crippen LogP contribution < -0.4 is 11.1 Å². The summed E-state index contributed by atoms with van der Waals surface area (Å²) in [5.41, 5.74) is 8.90. The number of carbonyl (C=O) groups is 1. The molecule has 1 saturated carbocycles. The van der Waals surface area contributed by atoms with Crippen LogP contribution in [0.4, 0.5) is 0 Å². The Hall–Kier alpha value is -1.06. The average molecular weight is 269 g/mol. The molecule has 1 fully saturated rings. The van der Waals surface area contributed by atoms with Gasteiger partial charge in [-0.25, -0.2) is 0 Å². The van der Waals surface area contributed by atoms with E-state index >= 15 is 0 Å². The van der Waals surface area contributed by atoms with Gasteiger partial charge in [0.15, 0.2) is 0 Å². The summed E-state index contributed by atoms with van der Waals surface area (Å²) in [6.07, 6.45) is 2.42. The first-order chi connectivity index (χ1) is 8.06. The van der Waals surface area contributed by atoms with Gasteiger partial charge in [0, 0.05) is 18.2 Å². The number of rotatable bonds is 4. The molecule has 3 N–H and O–H groups in total. The van der Waals surface area contributed by atoms with Crippen molar-refractivity contribution >= 4 is 18.3 Å². The van der Waals surface area contributed by atoms with Crippen molar-refractivity contribution in [3.8, 4) is 0 Å². The van der Waals surface area contributed by atoms with Crippen molar-refractivity contribution in [2.45, 2.75) is 32.7 Å². The first-order valence-corrected chi connectivity index (χ1v) is 6.18. The lowest BCUT2D eigenvalue weighted by Gasteiger charge is -2.12. The monoisotopic (exact) mass is 268 g/mol. The van der Waals surface area contributed by atoms with Crippen molar-refractivity contribution in [1.29, 1.82) is 0 Å². The fraction of sp³-hybridized carbons (Fsp3) is 0.500. The lowest BCUT2D eigenvalue weighted by atomic mass is 10.1. The van der Waals surface area contributed by atoms with Crippen molar-refractivity contribution in [1.82, 2.24) is 5.32 Å². The van der Waals surface area contributed by atoms with Crippen molar-refractivity contribution in [2.24, 2.45) is 11.7 Å². The Morgan fingerprint density at radius 2 is 1.89 bits per heavy atom. The Morgan fingerprint density at radius 1 is 1.33 bits per heavy atom. The minimum absolute atomic E-state index is 0. The molecule has 0 saturated heterocycles. The van der Waals surface area contributed by atoms with E-state index in [2.05, 4.69) is 11.4 Å². The van der Waals surface area contributed by atoms with Crippen molar-refractivity contribution < 1.29 is 4.79 Å². The average Bonchev–Trinajstić information content (AvgIpc) is 3.07. The highest BCUT2D eigenvalue weighted by Gasteiger charge is 2.28. The van der Waals surface area contributed by atoms with E-state index in [-0.39, 0.29) is 24.4 Å². The normalized spacial score (nSPS) is 15.7. The summed E-state index contributed by atoms with van der Waals surface area (Å²) < 4.78 is 0. The minimum Gasteiger partial charge on any atom is -0.350 e. The highest BCUT2D eigenvalue weighted by atomic mass is 35.5. The lowest BCUT2D eigenvalue weighted by molar-refractivity contribution is 0.0950. The standard InChI is InChI=1S/C14H20N2O.ClH/c1-9-5-10(2)7-12(6-9)14(17)16-8-13(15)11-3-4-11;/h5-7,11,13H,3-4,8,15H2,1-2H3,(H,16,17);1H. The number of halogens is 1. The Morgan fingerprint density at radius 3 is 2.39 bits per heavy atom. The Balaban J connectivity index is 0.00000162. The Labute approximate surface area is 115 Å². The van der Waals surface area contributed by atoms with Crippen molar-refractivity contribution in [3.63, 3.8) is 0 Å². The molecule has 1 aromatic rings. The number of benzene rings is 1. The summed E-state index contributed by atoms with van der Waals surface area (Å²) in [6, 6.07) is 5.99. The van der Waals surface area contributed by atoms with Gasteiger partial charge in [-0.05, 0) is 44.7 Å². The molecule has 0 aromatic heterocycles. The zero-order chi connectivity index (χ0) is 12.4. The third kappa shape index (κ3) is 4.00. The fourth-order valence-corrected chi connectivity index (χ4v) is 2.11. The van der Waals surface area contributed by atoms with Crippen LogP contribution in [0.3, 0.4) is 0 Å². The molecule has 2 rings (SSSR count). The van der Waals surface area contributed by atoms with Crippen LogP contribution in [-0.2, 0) is 0 Å². The van der Waals surface area contributed by atoms with E-state index in [1.54, 1.807) is 0 Å². The maximum absolute atomic E-state index is 11.9. The zero-order valence-corrected chi connectivity index (χ0v) is 11.7. The number of nitrogens with two attached hydrogens (primary N) is 1. The van der Waals surface area contributed by atoms with Gasteiger partial charge in [-0.15, -0.1) is 12.4 Å². The summed E-state index contributed by atoms with van der Waals surface area (Å²) in [6.45, 7) is 4.58. The van der Waals surface area contributed by atoms with Crippen molar-refractivity contribution in [2.75, 3.05) is 6.54 Å². The zero-order valence-electron chi connectivity index (χ0n) is 10.9. The molecule has 0 radical (unpaired) electrons. The topological polar surface area (TPSA) is 55.1 Å². The molecule has 1 aliphatic rings. The first kappa shape index (κ1) is 15.0. The SMILES string of the molecule is Cc1cc(C)cc(C(=O)NCC(N)C2CC2)c1.Cl. The number of carbonyl (C=O) groups excluding carboxylic acids is 1. The summed E-state index contributed by atoms with van der Waals surface area (Å²) in [7, 11) is 0. The largest absolute Gasteiger partial charge is 0.350 e. The summed E-state index contributed by atoms with van der Waals surface area (Å²) >= 11 is 0. The van der Waals surface area contributed by atoms with Crippen LogP contribution in [0.2, 0.25) is 0 Å². The van der Waals surface area contributed by atoms with Crippen LogP contribution in [-0.4, -0.2) is 18.5 Å². The molecular weight excluding hydrogens is 248 g/mol. The molecule has 0 heterocycles. The highest BCUT2D eigenvalue weighted by Crippen LogP contribution is 2.31. The van der Waals surface area contributed by atoms with Gasteiger partial charge in [0.1, 0.15) is 0 Å². The maximum Gasteiger partial charge on any atom is 0.251 e. The Kier molecular flexibility index (Phi) is 5.17. The maximum atomic E-state index is 11.9. The highest BCUT2D eigenvalue weighted by molar-refractivity contribution is 5.94. The molecular formula is C14H21ClN2O. The molecule has 0 spiro atoms. The molecule has 0 bridgehead atoms. The van der Waals surface area contributed by atoms with Gasteiger partial charge >= 0.3 is 0 Å². The summed E-state index contributed by atoms with van der Waals surface area (Å²) in [5, 5.41) is 2.91. The van der Waals surface area contributed by atoms with Gasteiger partial charge in [0.05, 0.1) is 0 Å². The van der Waals surface area contributed by atoms with E-state index < -0.39 is 0 Å². The van der Waals surface area contributed by atoms with Gasteiger partial charge in [0.2, 0.25) is 0 Å². The van der Waals surface area contributed by atoms with E-state index in [9.17, 15) is 4.79 Å².